The Kier molecular flexibility index (Phi) is 4.72. The van der Waals surface area contributed by atoms with Crippen LogP contribution in [0.25, 0.3) is 10.8 Å². The van der Waals surface area contributed by atoms with Gasteiger partial charge in [0.1, 0.15) is 0 Å². The van der Waals surface area contributed by atoms with Crippen LogP contribution in [0.1, 0.15) is 10.4 Å². The number of nitrogens with one attached hydrogen (secondary N) is 1. The summed E-state index contributed by atoms with van der Waals surface area (Å²) in [4.78, 5) is 24.8. The highest BCUT2D eigenvalue weighted by atomic mass is 19.2. The molecule has 6 heteroatoms. The van der Waals surface area contributed by atoms with Crippen molar-refractivity contribution < 1.29 is 18.4 Å². The Morgan fingerprint density at radius 1 is 0.962 bits per heavy atom. The number of amides is 1. The molecule has 3 rings (SSSR count). The zero-order valence-corrected chi connectivity index (χ0v) is 13.4. The van der Waals surface area contributed by atoms with Gasteiger partial charge in [-0.15, -0.1) is 0 Å². The maximum absolute atomic E-state index is 13.3. The summed E-state index contributed by atoms with van der Waals surface area (Å²) in [5.74, 6) is -5.75. The van der Waals surface area contributed by atoms with Crippen LogP contribution in [0, 0.1) is 28.9 Å². The molecule has 3 aromatic rings. The smallest absolute Gasteiger partial charge is 0.249 e. The predicted molar refractivity (Wildman–Crippen MR) is 92.4 cm³/mol. The van der Waals surface area contributed by atoms with Crippen LogP contribution in [-0.2, 0) is 4.79 Å². The van der Waals surface area contributed by atoms with Gasteiger partial charge in [-0.1, -0.05) is 36.4 Å². The molecule has 4 nitrogen and oxygen atoms in total. The second-order valence-corrected chi connectivity index (χ2v) is 5.57. The van der Waals surface area contributed by atoms with Crippen molar-refractivity contribution in [1.29, 1.82) is 5.26 Å². The molecule has 128 valence electrons. The number of ketones is 1. The van der Waals surface area contributed by atoms with E-state index in [-0.39, 0.29) is 5.56 Å². The van der Waals surface area contributed by atoms with Gasteiger partial charge in [0.15, 0.2) is 23.3 Å². The Morgan fingerprint density at radius 3 is 2.42 bits per heavy atom. The van der Waals surface area contributed by atoms with Crippen molar-refractivity contribution in [2.75, 3.05) is 5.32 Å². The molecule has 0 fully saturated rings. The molecule has 1 amide bonds. The zero-order chi connectivity index (χ0) is 18.7. The quantitative estimate of drug-likeness (QED) is 0.569. The van der Waals surface area contributed by atoms with Gasteiger partial charge in [0.2, 0.25) is 5.91 Å². The molecule has 0 heterocycles. The minimum Gasteiger partial charge on any atom is -0.324 e. The highest BCUT2D eigenvalue weighted by Gasteiger charge is 2.28. The number of nitriles is 1. The van der Waals surface area contributed by atoms with Crippen molar-refractivity contribution in [3.05, 3.63) is 77.9 Å². The number of hydrogen-bond donors (Lipinski definition) is 1. The second kappa shape index (κ2) is 7.11. The van der Waals surface area contributed by atoms with Gasteiger partial charge in [0.05, 0.1) is 6.07 Å². The van der Waals surface area contributed by atoms with E-state index in [9.17, 15) is 23.6 Å². The summed E-state index contributed by atoms with van der Waals surface area (Å²) in [6, 6.07) is 16.7. The second-order valence-electron chi connectivity index (χ2n) is 5.57. The number of nitrogens with zero attached hydrogens (tertiary/aromatic N) is 1. The van der Waals surface area contributed by atoms with Crippen molar-refractivity contribution in [1.82, 2.24) is 0 Å². The summed E-state index contributed by atoms with van der Waals surface area (Å²) in [5.41, 5.74) is 0.204. The lowest BCUT2D eigenvalue weighted by atomic mass is 9.97. The lowest BCUT2D eigenvalue weighted by Gasteiger charge is -2.12. The van der Waals surface area contributed by atoms with Crippen LogP contribution in [0.5, 0.6) is 0 Å². The third-order valence-electron chi connectivity index (χ3n) is 3.91. The molecule has 0 spiro atoms. The molecule has 26 heavy (non-hydrogen) atoms. The molecule has 1 atom stereocenters. The SMILES string of the molecule is N#CC(C(=O)Nc1cccc2ccccc12)C(=O)c1ccc(F)c(F)c1. The van der Waals surface area contributed by atoms with E-state index in [1.807, 2.05) is 18.2 Å². The first-order valence-electron chi connectivity index (χ1n) is 7.69. The Balaban J connectivity index is 1.88. The monoisotopic (exact) mass is 350 g/mol. The van der Waals surface area contributed by atoms with Gasteiger partial charge >= 0.3 is 0 Å². The maximum Gasteiger partial charge on any atom is 0.249 e. The molecular formula is C20H12F2N2O2. The zero-order valence-electron chi connectivity index (χ0n) is 13.4. The van der Waals surface area contributed by atoms with E-state index in [1.165, 1.54) is 0 Å². The summed E-state index contributed by atoms with van der Waals surface area (Å²) < 4.78 is 26.3. The number of carbonyl (C=O) groups excluding carboxylic acids is 2. The minimum absolute atomic E-state index is 0.247. The van der Waals surface area contributed by atoms with Gasteiger partial charge in [-0.2, -0.15) is 5.26 Å². The van der Waals surface area contributed by atoms with E-state index in [0.717, 1.165) is 22.9 Å². The summed E-state index contributed by atoms with van der Waals surface area (Å²) in [7, 11) is 0. The van der Waals surface area contributed by atoms with Crippen LogP contribution in [0.4, 0.5) is 14.5 Å². The third kappa shape index (κ3) is 3.28. The number of hydrogen-bond acceptors (Lipinski definition) is 3. The van der Waals surface area contributed by atoms with Gasteiger partial charge in [0, 0.05) is 16.6 Å². The molecule has 0 aliphatic carbocycles. The maximum atomic E-state index is 13.3. The fourth-order valence-electron chi connectivity index (χ4n) is 2.59. The lowest BCUT2D eigenvalue weighted by Crippen LogP contribution is -2.28. The number of fused-ring (bicyclic) bond motifs is 1. The number of carbonyl (C=O) groups is 2. The highest BCUT2D eigenvalue weighted by molar-refractivity contribution is 6.16. The Morgan fingerprint density at radius 2 is 1.69 bits per heavy atom. The standard InChI is InChI=1S/C20H12F2N2O2/c21-16-9-8-13(10-17(16)22)19(25)15(11-23)20(26)24-18-7-3-5-12-4-1-2-6-14(12)18/h1-10,15H,(H,24,26). The van der Waals surface area contributed by atoms with E-state index in [1.54, 1.807) is 30.3 Å². The Bertz CT molecular complexity index is 1050. The number of halogens is 2. The number of benzene rings is 3. The van der Waals surface area contributed by atoms with Crippen LogP contribution in [-0.4, -0.2) is 11.7 Å². The highest BCUT2D eigenvalue weighted by Crippen LogP contribution is 2.24. The molecular weight excluding hydrogens is 338 g/mol. The Hall–Kier alpha value is -3.59. The Labute approximate surface area is 147 Å². The summed E-state index contributed by atoms with van der Waals surface area (Å²) in [6.45, 7) is 0. The van der Waals surface area contributed by atoms with Crippen LogP contribution in [0.2, 0.25) is 0 Å². The van der Waals surface area contributed by atoms with E-state index >= 15 is 0 Å². The normalized spacial score (nSPS) is 11.6. The van der Waals surface area contributed by atoms with Crippen molar-refractivity contribution >= 4 is 28.2 Å². The molecule has 3 aromatic carbocycles. The topological polar surface area (TPSA) is 70.0 Å². The van der Waals surface area contributed by atoms with Gasteiger partial charge < -0.3 is 5.32 Å². The first-order valence-corrected chi connectivity index (χ1v) is 7.69. The molecule has 1 unspecified atom stereocenters. The predicted octanol–water partition coefficient (Wildman–Crippen LogP) is 4.08. The lowest BCUT2D eigenvalue weighted by molar-refractivity contribution is -0.117. The van der Waals surface area contributed by atoms with E-state index in [4.69, 9.17) is 0 Å². The molecule has 0 saturated heterocycles. The molecule has 0 bridgehead atoms. The molecule has 0 aliphatic rings. The van der Waals surface area contributed by atoms with Crippen LogP contribution < -0.4 is 5.32 Å². The number of anilines is 1. The average Bonchev–Trinajstić information content (AvgIpc) is 2.65. The van der Waals surface area contributed by atoms with E-state index in [0.29, 0.717) is 11.8 Å². The van der Waals surface area contributed by atoms with Gasteiger partial charge in [-0.3, -0.25) is 9.59 Å². The summed E-state index contributed by atoms with van der Waals surface area (Å²) >= 11 is 0. The first-order chi connectivity index (χ1) is 12.5. The molecule has 0 saturated carbocycles. The minimum atomic E-state index is -1.68. The molecule has 0 aliphatic heterocycles. The fourth-order valence-corrected chi connectivity index (χ4v) is 2.59. The number of rotatable bonds is 4. The molecule has 0 radical (unpaired) electrons. The van der Waals surface area contributed by atoms with E-state index in [2.05, 4.69) is 5.32 Å². The van der Waals surface area contributed by atoms with Crippen LogP contribution >= 0.6 is 0 Å². The largest absolute Gasteiger partial charge is 0.324 e. The van der Waals surface area contributed by atoms with Gasteiger partial charge in [0.25, 0.3) is 0 Å². The van der Waals surface area contributed by atoms with Crippen molar-refractivity contribution in [3.8, 4) is 6.07 Å². The van der Waals surface area contributed by atoms with Crippen molar-refractivity contribution in [2.45, 2.75) is 0 Å². The fraction of sp³-hybridized carbons (Fsp3) is 0.0500. The first kappa shape index (κ1) is 17.2. The molecule has 1 N–H and O–H groups in total. The van der Waals surface area contributed by atoms with Gasteiger partial charge in [-0.25, -0.2) is 8.78 Å². The van der Waals surface area contributed by atoms with Crippen molar-refractivity contribution in [3.63, 3.8) is 0 Å². The van der Waals surface area contributed by atoms with Crippen LogP contribution in [0.3, 0.4) is 0 Å². The third-order valence-corrected chi connectivity index (χ3v) is 3.91. The average molecular weight is 350 g/mol. The van der Waals surface area contributed by atoms with Crippen molar-refractivity contribution in [2.24, 2.45) is 5.92 Å². The van der Waals surface area contributed by atoms with Gasteiger partial charge in [-0.05, 0) is 29.7 Å². The van der Waals surface area contributed by atoms with E-state index < -0.39 is 29.2 Å². The molecule has 0 aromatic heterocycles. The summed E-state index contributed by atoms with van der Waals surface area (Å²) in [6.07, 6.45) is 0. The number of Topliss-reactive ketones (excluding diaryl/α,β-unsaturated/α-hetero) is 1. The summed E-state index contributed by atoms with van der Waals surface area (Å²) in [5, 5.41) is 13.4. The van der Waals surface area contributed by atoms with Crippen LogP contribution in [0.15, 0.2) is 60.7 Å².